The number of imide groups is 2. The van der Waals surface area contributed by atoms with Gasteiger partial charge in [0.05, 0.1) is 62.2 Å². The van der Waals surface area contributed by atoms with Crippen molar-refractivity contribution in [3.63, 3.8) is 0 Å². The van der Waals surface area contributed by atoms with Gasteiger partial charge in [0.25, 0.3) is 5.24 Å². The Balaban J connectivity index is 0.000000608. The highest BCUT2D eigenvalue weighted by Gasteiger charge is 2.17. The maximum Gasteiger partial charge on any atom is 0.438 e. The summed E-state index contributed by atoms with van der Waals surface area (Å²) in [6, 6.07) is 3.23. The summed E-state index contributed by atoms with van der Waals surface area (Å²) in [5.74, 6) is -0.469. The third-order valence-corrected chi connectivity index (χ3v) is 14.2. The molecule has 0 bridgehead atoms. The number of amides is 6. The lowest BCUT2D eigenvalue weighted by atomic mass is 10.4. The zero-order chi connectivity index (χ0) is 83.0. The zero-order valence-corrected chi connectivity index (χ0v) is 67.4. The Kier molecular flexibility index (Phi) is 76.2. The van der Waals surface area contributed by atoms with E-state index in [1.165, 1.54) is 186 Å². The molecule has 4 fully saturated rings. The normalized spacial score (nSPS) is 13.9. The van der Waals surface area contributed by atoms with Gasteiger partial charge in [-0.15, -0.1) is 53.3 Å². The van der Waals surface area contributed by atoms with Gasteiger partial charge < -0.3 is 33.0 Å². The van der Waals surface area contributed by atoms with E-state index in [0.29, 0.717) is 5.75 Å². The largest absolute Gasteiger partial charge is 0.452 e. The SMILES string of the molecule is C1=CCCC1.C1=CCCC1.C1=CCN=C1.C1=CN=CC1.C1=CN=NC1.C1=NC=NC1.C1=NN=CC1.C1CCCC1.O=C1CCCN1.O=C1CNC(=O)N1.O=C1CSC(=O)N1.O=c1[nH]cno1.c1cnoc1.c1cnsc1.c1cocn1.c1conn1.c1cscn1.c1csnn1.c1ncon1.c1ncsn1.c1nnco1.c1nncs1. The molecule has 11 aromatic rings. The minimum Gasteiger partial charge on any atom is -0.452 e. The van der Waals surface area contributed by atoms with E-state index < -0.39 is 11.8 Å². The number of H-pyrrole nitrogens is 1. The molecule has 6 amide bonds. The lowest BCUT2D eigenvalue weighted by molar-refractivity contribution is -0.119. The van der Waals surface area contributed by atoms with Gasteiger partial charge >= 0.3 is 11.8 Å². The predicted molar refractivity (Wildman–Crippen MR) is 443 cm³/mol. The van der Waals surface area contributed by atoms with E-state index in [1.807, 2.05) is 58.0 Å². The first kappa shape index (κ1) is 101. The number of carbonyl (C=O) groups is 5. The minimum atomic E-state index is -0.519. The maximum absolute atomic E-state index is 10.1. The van der Waals surface area contributed by atoms with Crippen LogP contribution in [0.15, 0.2) is 284 Å². The molecule has 11 aliphatic rings. The second-order valence-electron chi connectivity index (χ2n) is 19.7. The summed E-state index contributed by atoms with van der Waals surface area (Å²) in [5, 5.41) is 61.9. The number of oxazole rings is 1. The van der Waals surface area contributed by atoms with E-state index in [-0.39, 0.29) is 29.5 Å². The summed E-state index contributed by atoms with van der Waals surface area (Å²) in [4.78, 5) is 91.7. The average molecular weight is 1710 g/mol. The van der Waals surface area contributed by atoms with Crippen LogP contribution in [0.25, 0.3) is 0 Å². The number of aromatic nitrogens is 18. The summed E-state index contributed by atoms with van der Waals surface area (Å²) in [7, 11) is 0. The van der Waals surface area contributed by atoms with Gasteiger partial charge in [0.2, 0.25) is 36.9 Å². The van der Waals surface area contributed by atoms with Crippen LogP contribution in [0.1, 0.15) is 96.3 Å². The van der Waals surface area contributed by atoms with Crippen LogP contribution in [0.4, 0.5) is 9.59 Å². The van der Waals surface area contributed by atoms with Crippen molar-refractivity contribution >= 4 is 135 Å². The molecular weight excluding hydrogens is 1620 g/mol. The molecule has 0 radical (unpaired) electrons. The molecule has 1 saturated carbocycles. The number of nitrogens with one attached hydrogen (secondary N) is 5. The first-order valence-corrected chi connectivity index (χ1v) is 39.7. The van der Waals surface area contributed by atoms with Crippen LogP contribution < -0.4 is 27.0 Å². The van der Waals surface area contributed by atoms with Crippen molar-refractivity contribution in [2.24, 2.45) is 40.4 Å². The van der Waals surface area contributed by atoms with Crippen molar-refractivity contribution in [1.82, 2.24) is 111 Å². The van der Waals surface area contributed by atoms with Gasteiger partial charge in [-0.1, -0.05) is 100 Å². The molecule has 42 nitrogen and oxygen atoms in total. The van der Waals surface area contributed by atoms with Crippen molar-refractivity contribution in [2.45, 2.75) is 96.3 Å². The fourth-order valence-electron chi connectivity index (χ4n) is 6.33. The van der Waals surface area contributed by atoms with Crippen LogP contribution in [0, 0.1) is 0 Å². The Morgan fingerprint density at radius 1 is 0.474 bits per heavy atom. The van der Waals surface area contributed by atoms with Crippen LogP contribution in [-0.4, -0.2) is 194 Å². The highest BCUT2D eigenvalue weighted by molar-refractivity contribution is 8.14. The Hall–Kier alpha value is -13.1. The van der Waals surface area contributed by atoms with E-state index in [4.69, 9.17) is 0 Å². The number of carbonyl (C=O) groups excluding carboxylic acids is 5. The fourth-order valence-corrected chi connectivity index (χ4v) is 8.37. The van der Waals surface area contributed by atoms with E-state index in [0.717, 1.165) is 63.6 Å². The van der Waals surface area contributed by atoms with E-state index in [9.17, 15) is 28.8 Å². The quantitative estimate of drug-likeness (QED) is 0.0695. The monoisotopic (exact) mass is 1710 g/mol. The van der Waals surface area contributed by atoms with Crippen LogP contribution in [0.3, 0.4) is 0 Å². The number of allylic oxidation sites excluding steroid dienone is 6. The van der Waals surface area contributed by atoms with Crippen LogP contribution in [-0.2, 0) is 14.4 Å². The van der Waals surface area contributed by atoms with Crippen LogP contribution >= 0.6 is 69.0 Å². The fraction of sp³-hybridized carbons (Fsp3) is 0.309. The van der Waals surface area contributed by atoms with Gasteiger partial charge in [-0.05, 0) is 104 Å². The molecule has 0 spiro atoms. The molecule has 8 aliphatic heterocycles. The smallest absolute Gasteiger partial charge is 0.438 e. The number of thiazole rings is 1. The topological polar surface area (TPSA) is 563 Å². The summed E-state index contributed by atoms with van der Waals surface area (Å²) in [5.41, 5.74) is 6.83. The number of thioether (sulfide) groups is 1. The van der Waals surface area contributed by atoms with Crippen LogP contribution in [0.2, 0.25) is 0 Å². The lowest BCUT2D eigenvalue weighted by Crippen LogP contribution is -2.22. The second kappa shape index (κ2) is 87.5. The minimum absolute atomic E-state index is 0.124. The second-order valence-corrected chi connectivity index (χ2v) is 24.1. The molecule has 22 rings (SSSR count). The molecular formula is C68H88N30O12S6. The third-order valence-electron chi connectivity index (χ3n) is 11.1. The first-order chi connectivity index (χ1) is 57.4. The van der Waals surface area contributed by atoms with Crippen molar-refractivity contribution < 1.29 is 50.9 Å². The van der Waals surface area contributed by atoms with Crippen LogP contribution in [0.5, 0.6) is 0 Å². The number of nitrogens with zero attached hydrogens (tertiary/aromatic N) is 25. The van der Waals surface area contributed by atoms with Gasteiger partial charge in [-0.25, -0.2) is 33.9 Å². The average Bonchev–Trinajstić information content (AvgIpc) is 1.84. The molecule has 116 heavy (non-hydrogen) atoms. The van der Waals surface area contributed by atoms with E-state index in [2.05, 4.69) is 197 Å². The Morgan fingerprint density at radius 3 is 1.46 bits per heavy atom. The molecule has 0 unspecified atom stereocenters. The summed E-state index contributed by atoms with van der Waals surface area (Å²) >= 11 is 8.27. The standard InChI is InChI=1S/C5H10.2C5H8.C4H7NO.2C4H5N.C3H4N2O2.3C3H4N2.C3H3NO2S.2C3H3NO.2C3H3NS.C2H2N2O2.3C2H2N2O.3C2H2N2S/c3*1-2-4-5-3-1;6-4-2-1-3-5-4;2*1-2-4-5-3-1;6-2-1-4-3(7)5-2;1-2-5-3-4-1;2*1-2-4-5-3-1;5-2-1-7-3(6)4-2;1-2-5-3-4-1;1-2-4-5-3-1;1-2-5-3-4-1;1-2-4-5-3-1;5-2-3-1-4-6-2;1-3-4-2-5-1;1-3-2-5-4-1;1-2-5-4-3-1;1-3-4-2-5-1;1-3-2-5-4-1;1-2-5-4-3-1/h1-5H2;2*1-2H,3-5H2;1-3H2,(H,5,6);1,3-4H,2H2;1-3H,4H2;1H2,(H2,4,5,6,7);1,3H,2H2;2-3H,1H2;1-2H,3H2;1H2,(H,4,5,6);4*1-3H;1H,(H,3,4,5);6*1-2H. The Labute approximate surface area is 690 Å². The van der Waals surface area contributed by atoms with Crippen molar-refractivity contribution in [1.29, 1.82) is 0 Å². The summed E-state index contributed by atoms with van der Waals surface area (Å²) in [6.07, 6.45) is 73.6. The number of urea groups is 1. The van der Waals surface area contributed by atoms with Gasteiger partial charge in [0.15, 0.2) is 12.7 Å². The van der Waals surface area contributed by atoms with E-state index >= 15 is 0 Å². The third kappa shape index (κ3) is 85.0. The predicted octanol–water partition coefficient (Wildman–Crippen LogP) is 12.0. The zero-order valence-electron chi connectivity index (χ0n) is 62.5. The van der Waals surface area contributed by atoms with Crippen molar-refractivity contribution in [3.8, 4) is 0 Å². The number of azo groups is 1. The Morgan fingerprint density at radius 2 is 1.28 bits per heavy atom. The van der Waals surface area contributed by atoms with Gasteiger partial charge in [-0.3, -0.25) is 59.3 Å². The molecule has 5 N–H and O–H groups in total. The maximum atomic E-state index is 10.1. The highest BCUT2D eigenvalue weighted by atomic mass is 32.2. The molecule has 48 heteroatoms. The number of rotatable bonds is 0. The molecule has 618 valence electrons. The molecule has 19 heterocycles. The number of aliphatic imine (C=N–C) groups is 4. The van der Waals surface area contributed by atoms with Crippen molar-refractivity contribution in [2.75, 3.05) is 38.5 Å². The molecule has 0 aromatic carbocycles. The van der Waals surface area contributed by atoms with E-state index in [1.54, 1.807) is 114 Å². The van der Waals surface area contributed by atoms with Gasteiger partial charge in [-0.2, -0.15) is 24.8 Å². The summed E-state index contributed by atoms with van der Waals surface area (Å²) < 4.78 is 36.5. The highest BCUT2D eigenvalue weighted by Crippen LogP contribution is 2.15. The van der Waals surface area contributed by atoms with Gasteiger partial charge in [0, 0.05) is 103 Å². The number of hydrogen-bond donors (Lipinski definition) is 5. The molecule has 11 aromatic heterocycles. The number of hydrogen-bond acceptors (Lipinski definition) is 43. The molecule has 0 atom stereocenters. The summed E-state index contributed by atoms with van der Waals surface area (Å²) in [6.45, 7) is 3.46. The van der Waals surface area contributed by atoms with Gasteiger partial charge in [0.1, 0.15) is 54.3 Å². The Bertz CT molecular complexity index is 3250. The lowest BCUT2D eigenvalue weighted by Gasteiger charge is -1.80. The first-order valence-electron chi connectivity index (χ1n) is 34.3. The molecule has 3 saturated heterocycles. The number of aromatic amines is 1. The molecule has 3 aliphatic carbocycles. The van der Waals surface area contributed by atoms with Crippen molar-refractivity contribution in [3.05, 3.63) is 222 Å².